The van der Waals surface area contributed by atoms with Gasteiger partial charge in [-0.05, 0) is 42.0 Å². The Labute approximate surface area is 140 Å². The Balaban J connectivity index is 1.64. The number of hydrogen-bond acceptors (Lipinski definition) is 2. The summed E-state index contributed by atoms with van der Waals surface area (Å²) >= 11 is 0. The van der Waals surface area contributed by atoms with Crippen molar-refractivity contribution >= 4 is 0 Å². The normalized spacial score (nSPS) is 19.8. The highest BCUT2D eigenvalue weighted by Gasteiger charge is 2.43. The van der Waals surface area contributed by atoms with Crippen LogP contribution in [-0.4, -0.2) is 14.8 Å². The molecule has 1 aliphatic carbocycles. The van der Waals surface area contributed by atoms with E-state index in [9.17, 15) is 17.6 Å². The van der Waals surface area contributed by atoms with E-state index in [2.05, 4.69) is 10.1 Å². The molecule has 0 spiro atoms. The zero-order valence-corrected chi connectivity index (χ0v) is 12.9. The average molecular weight is 347 g/mol. The highest BCUT2D eigenvalue weighted by Crippen LogP contribution is 2.56. The molecule has 25 heavy (non-hydrogen) atoms. The van der Waals surface area contributed by atoms with E-state index >= 15 is 0 Å². The summed E-state index contributed by atoms with van der Waals surface area (Å²) in [5.41, 5.74) is 1.16. The van der Waals surface area contributed by atoms with Crippen LogP contribution in [0, 0.1) is 5.82 Å². The predicted octanol–water partition coefficient (Wildman–Crippen LogP) is 4.70. The van der Waals surface area contributed by atoms with Crippen LogP contribution in [-0.2, 0) is 6.18 Å². The summed E-state index contributed by atoms with van der Waals surface area (Å²) in [7, 11) is 0. The van der Waals surface area contributed by atoms with Gasteiger partial charge in [0.15, 0.2) is 0 Å². The third kappa shape index (κ3) is 2.90. The quantitative estimate of drug-likeness (QED) is 0.643. The number of pyridine rings is 1. The van der Waals surface area contributed by atoms with Crippen LogP contribution in [0.2, 0.25) is 0 Å². The van der Waals surface area contributed by atoms with Gasteiger partial charge in [0.05, 0.1) is 23.6 Å². The smallest absolute Gasteiger partial charge is 0.259 e. The fraction of sp³-hybridized carbons (Fsp3) is 0.222. The third-order valence-electron chi connectivity index (χ3n) is 4.50. The summed E-state index contributed by atoms with van der Waals surface area (Å²) < 4.78 is 54.0. The van der Waals surface area contributed by atoms with Gasteiger partial charge in [0.25, 0.3) is 0 Å². The van der Waals surface area contributed by atoms with E-state index in [-0.39, 0.29) is 11.8 Å². The van der Waals surface area contributed by atoms with Gasteiger partial charge in [0.1, 0.15) is 5.82 Å². The van der Waals surface area contributed by atoms with Crippen molar-refractivity contribution in [1.29, 1.82) is 0 Å². The topological polar surface area (TPSA) is 30.7 Å². The second-order valence-corrected chi connectivity index (χ2v) is 6.07. The zero-order chi connectivity index (χ0) is 17.6. The van der Waals surface area contributed by atoms with Crippen molar-refractivity contribution in [2.45, 2.75) is 24.4 Å². The molecule has 0 amide bonds. The van der Waals surface area contributed by atoms with E-state index in [4.69, 9.17) is 0 Å². The lowest BCUT2D eigenvalue weighted by atomic mass is 10.0. The molecule has 1 aliphatic rings. The molecule has 2 aromatic heterocycles. The molecule has 0 N–H and O–H groups in total. The minimum atomic E-state index is -4.36. The standard InChI is InChI=1S/C18H13F4N3/c19-15-9-23-10-16(25-7-1-6-24-25)17(15)14-8-13(14)11-2-4-12(5-3-11)18(20,21)22/h1-7,9-10,13-14H,8H2. The molecule has 1 saturated carbocycles. The minimum absolute atomic E-state index is 0.00602. The van der Waals surface area contributed by atoms with Crippen LogP contribution < -0.4 is 0 Å². The fourth-order valence-corrected chi connectivity index (χ4v) is 3.20. The number of hydrogen-bond donors (Lipinski definition) is 0. The Morgan fingerprint density at radius 2 is 1.80 bits per heavy atom. The Bertz CT molecular complexity index is 886. The molecule has 0 bridgehead atoms. The van der Waals surface area contributed by atoms with Gasteiger partial charge in [-0.25, -0.2) is 9.07 Å². The lowest BCUT2D eigenvalue weighted by Crippen LogP contribution is -2.05. The molecule has 7 heteroatoms. The van der Waals surface area contributed by atoms with Crippen molar-refractivity contribution in [3.05, 3.63) is 77.6 Å². The number of halogens is 4. The molecule has 0 radical (unpaired) electrons. The summed E-state index contributed by atoms with van der Waals surface area (Å²) in [5, 5.41) is 4.12. The van der Waals surface area contributed by atoms with E-state index in [0.29, 0.717) is 17.7 Å². The molecule has 2 unspecified atom stereocenters. The van der Waals surface area contributed by atoms with Gasteiger partial charge in [-0.1, -0.05) is 12.1 Å². The van der Waals surface area contributed by atoms with Crippen LogP contribution in [0.15, 0.2) is 55.1 Å². The summed E-state index contributed by atoms with van der Waals surface area (Å²) in [6, 6.07) is 6.82. The van der Waals surface area contributed by atoms with Crippen molar-refractivity contribution in [1.82, 2.24) is 14.8 Å². The summed E-state index contributed by atoms with van der Waals surface area (Å²) in [5.74, 6) is -0.528. The average Bonchev–Trinajstić information content (AvgIpc) is 3.17. The van der Waals surface area contributed by atoms with Gasteiger partial charge in [0.2, 0.25) is 0 Å². The SMILES string of the molecule is Fc1cncc(-n2cccn2)c1C1CC1c1ccc(C(F)(F)F)cc1. The van der Waals surface area contributed by atoms with Crippen LogP contribution in [0.3, 0.4) is 0 Å². The van der Waals surface area contributed by atoms with Gasteiger partial charge in [-0.2, -0.15) is 18.3 Å². The maximum absolute atomic E-state index is 14.4. The van der Waals surface area contributed by atoms with E-state index in [1.165, 1.54) is 12.1 Å². The molecule has 0 aliphatic heterocycles. The number of rotatable bonds is 3. The van der Waals surface area contributed by atoms with E-state index in [1.54, 1.807) is 29.3 Å². The molecule has 128 valence electrons. The molecule has 3 aromatic rings. The first kappa shape index (κ1) is 15.8. The van der Waals surface area contributed by atoms with Crippen molar-refractivity contribution in [3.63, 3.8) is 0 Å². The summed E-state index contributed by atoms with van der Waals surface area (Å²) in [6.07, 6.45) is 2.33. The second-order valence-electron chi connectivity index (χ2n) is 6.07. The van der Waals surface area contributed by atoms with Gasteiger partial charge >= 0.3 is 6.18 Å². The molecular weight excluding hydrogens is 334 g/mol. The molecule has 1 aromatic carbocycles. The first-order valence-corrected chi connectivity index (χ1v) is 7.75. The van der Waals surface area contributed by atoms with Crippen LogP contribution >= 0.6 is 0 Å². The number of alkyl halides is 3. The molecule has 2 atom stereocenters. The molecule has 2 heterocycles. The largest absolute Gasteiger partial charge is 0.416 e. The first-order chi connectivity index (χ1) is 11.9. The van der Waals surface area contributed by atoms with E-state index in [1.807, 2.05) is 0 Å². The molecular formula is C18H13F4N3. The Kier molecular flexibility index (Phi) is 3.59. The summed E-state index contributed by atoms with van der Waals surface area (Å²) in [4.78, 5) is 3.89. The molecule has 0 saturated heterocycles. The van der Waals surface area contributed by atoms with Crippen molar-refractivity contribution in [2.24, 2.45) is 0 Å². The van der Waals surface area contributed by atoms with Crippen LogP contribution in [0.25, 0.3) is 5.69 Å². The highest BCUT2D eigenvalue weighted by atomic mass is 19.4. The fourth-order valence-electron chi connectivity index (χ4n) is 3.20. The summed E-state index contributed by atoms with van der Waals surface area (Å²) in [6.45, 7) is 0. The monoisotopic (exact) mass is 347 g/mol. The van der Waals surface area contributed by atoms with Crippen molar-refractivity contribution < 1.29 is 17.6 Å². The minimum Gasteiger partial charge on any atom is -0.259 e. The van der Waals surface area contributed by atoms with Gasteiger partial charge in [-0.15, -0.1) is 0 Å². The lowest BCUT2D eigenvalue weighted by Gasteiger charge is -2.11. The Morgan fingerprint density at radius 1 is 1.04 bits per heavy atom. The number of benzene rings is 1. The number of aromatic nitrogens is 3. The molecule has 1 fully saturated rings. The number of nitrogens with zero attached hydrogens (tertiary/aromatic N) is 3. The second kappa shape index (κ2) is 5.68. The van der Waals surface area contributed by atoms with Gasteiger partial charge in [0, 0.05) is 18.0 Å². The Morgan fingerprint density at radius 3 is 2.44 bits per heavy atom. The van der Waals surface area contributed by atoms with Crippen LogP contribution in [0.4, 0.5) is 17.6 Å². The van der Waals surface area contributed by atoms with Gasteiger partial charge < -0.3 is 0 Å². The van der Waals surface area contributed by atoms with E-state index < -0.39 is 17.6 Å². The van der Waals surface area contributed by atoms with Gasteiger partial charge in [-0.3, -0.25) is 4.98 Å². The van der Waals surface area contributed by atoms with Crippen molar-refractivity contribution in [2.75, 3.05) is 0 Å². The predicted molar refractivity (Wildman–Crippen MR) is 82.9 cm³/mol. The highest BCUT2D eigenvalue weighted by molar-refractivity contribution is 5.47. The maximum Gasteiger partial charge on any atom is 0.416 e. The van der Waals surface area contributed by atoms with Crippen LogP contribution in [0.5, 0.6) is 0 Å². The van der Waals surface area contributed by atoms with Crippen LogP contribution in [0.1, 0.15) is 34.9 Å². The first-order valence-electron chi connectivity index (χ1n) is 7.75. The lowest BCUT2D eigenvalue weighted by molar-refractivity contribution is -0.137. The molecule has 3 nitrogen and oxygen atoms in total. The molecule has 4 rings (SSSR count). The maximum atomic E-state index is 14.4. The third-order valence-corrected chi connectivity index (χ3v) is 4.50. The Hall–Kier alpha value is -2.70. The van der Waals surface area contributed by atoms with Crippen molar-refractivity contribution in [3.8, 4) is 5.69 Å². The van der Waals surface area contributed by atoms with E-state index in [0.717, 1.165) is 23.9 Å². The zero-order valence-electron chi connectivity index (χ0n) is 12.9.